The van der Waals surface area contributed by atoms with E-state index in [4.69, 9.17) is 10.3 Å². The van der Waals surface area contributed by atoms with Gasteiger partial charge in [-0.25, -0.2) is 23.2 Å². The Morgan fingerprint density at radius 2 is 1.65 bits per heavy atom. The van der Waals surface area contributed by atoms with Gasteiger partial charge in [0.2, 0.25) is 0 Å². The third-order valence-corrected chi connectivity index (χ3v) is 7.63. The third-order valence-electron chi connectivity index (χ3n) is 5.46. The number of aromatic nitrogens is 5. The molecular formula is C23H20N6O4S. The SMILES string of the molecule is CC(C)S(=O)(=O)c1ccc(-c2cnc(N)c(-c3cc(-c4ccc5[nH]c(=O)[nH]c5c4)no3)n2)cc1. The van der Waals surface area contributed by atoms with E-state index in [1.165, 1.54) is 6.20 Å². The zero-order valence-electron chi connectivity index (χ0n) is 18.2. The largest absolute Gasteiger partial charge is 0.382 e. The number of nitrogens with one attached hydrogen (secondary N) is 2. The number of fused-ring (bicyclic) bond motifs is 1. The second-order valence-corrected chi connectivity index (χ2v) is 10.5. The molecule has 172 valence electrons. The van der Waals surface area contributed by atoms with Crippen LogP contribution in [0.3, 0.4) is 0 Å². The number of nitrogen functional groups attached to an aromatic ring is 1. The Morgan fingerprint density at radius 3 is 2.38 bits per heavy atom. The Balaban J connectivity index is 1.49. The van der Waals surface area contributed by atoms with E-state index in [0.717, 1.165) is 5.56 Å². The molecule has 0 atom stereocenters. The summed E-state index contributed by atoms with van der Waals surface area (Å²) < 4.78 is 30.2. The number of anilines is 1. The van der Waals surface area contributed by atoms with E-state index in [1.54, 1.807) is 56.3 Å². The quantitative estimate of drug-likeness (QED) is 0.348. The predicted molar refractivity (Wildman–Crippen MR) is 128 cm³/mol. The summed E-state index contributed by atoms with van der Waals surface area (Å²) in [7, 11) is -3.37. The molecule has 0 aliphatic rings. The third kappa shape index (κ3) is 3.75. The highest BCUT2D eigenvalue weighted by Gasteiger charge is 2.20. The molecule has 0 aliphatic heterocycles. The van der Waals surface area contributed by atoms with Crippen molar-refractivity contribution in [2.45, 2.75) is 24.0 Å². The maximum Gasteiger partial charge on any atom is 0.323 e. The summed E-state index contributed by atoms with van der Waals surface area (Å²) in [6, 6.07) is 13.5. The van der Waals surface area contributed by atoms with E-state index >= 15 is 0 Å². The number of hydrogen-bond acceptors (Lipinski definition) is 8. The van der Waals surface area contributed by atoms with Gasteiger partial charge in [-0.15, -0.1) is 0 Å². The molecule has 3 aromatic heterocycles. The lowest BCUT2D eigenvalue weighted by Crippen LogP contribution is -2.13. The summed E-state index contributed by atoms with van der Waals surface area (Å²) in [5.41, 5.74) is 9.87. The van der Waals surface area contributed by atoms with Crippen LogP contribution < -0.4 is 11.4 Å². The van der Waals surface area contributed by atoms with E-state index in [0.29, 0.717) is 39.4 Å². The van der Waals surface area contributed by atoms with Crippen LogP contribution in [0.5, 0.6) is 0 Å². The van der Waals surface area contributed by atoms with Gasteiger partial charge in [-0.3, -0.25) is 0 Å². The van der Waals surface area contributed by atoms with Gasteiger partial charge in [0.05, 0.1) is 33.1 Å². The van der Waals surface area contributed by atoms with Crippen molar-refractivity contribution in [3.8, 4) is 34.0 Å². The van der Waals surface area contributed by atoms with Gasteiger partial charge in [0.25, 0.3) is 0 Å². The summed E-state index contributed by atoms with van der Waals surface area (Å²) in [4.78, 5) is 26.0. The summed E-state index contributed by atoms with van der Waals surface area (Å²) in [5.74, 6) is 0.486. The predicted octanol–water partition coefficient (Wildman–Crippen LogP) is 3.40. The lowest BCUT2D eigenvalue weighted by atomic mass is 10.1. The van der Waals surface area contributed by atoms with Crippen LogP contribution in [0.4, 0.5) is 5.82 Å². The fourth-order valence-electron chi connectivity index (χ4n) is 3.52. The van der Waals surface area contributed by atoms with Gasteiger partial charge in [-0.2, -0.15) is 0 Å². The number of aromatic amines is 2. The van der Waals surface area contributed by atoms with Crippen molar-refractivity contribution in [3.05, 3.63) is 65.2 Å². The first-order chi connectivity index (χ1) is 16.2. The summed E-state index contributed by atoms with van der Waals surface area (Å²) >= 11 is 0. The van der Waals surface area contributed by atoms with Crippen LogP contribution in [0.15, 0.2) is 68.9 Å². The number of H-pyrrole nitrogens is 2. The first-order valence-electron chi connectivity index (χ1n) is 10.4. The number of benzene rings is 2. The monoisotopic (exact) mass is 476 g/mol. The second kappa shape index (κ2) is 7.96. The average Bonchev–Trinajstić information content (AvgIpc) is 3.45. The van der Waals surface area contributed by atoms with Crippen LogP contribution >= 0.6 is 0 Å². The number of hydrogen-bond donors (Lipinski definition) is 3. The van der Waals surface area contributed by atoms with Crippen molar-refractivity contribution in [3.63, 3.8) is 0 Å². The van der Waals surface area contributed by atoms with Crippen LogP contribution in [-0.2, 0) is 9.84 Å². The first kappa shape index (κ1) is 21.6. The Kier molecular flexibility index (Phi) is 5.05. The molecular weight excluding hydrogens is 456 g/mol. The van der Waals surface area contributed by atoms with Gasteiger partial charge in [0.15, 0.2) is 27.1 Å². The van der Waals surface area contributed by atoms with Crippen LogP contribution in [-0.4, -0.2) is 38.8 Å². The Labute approximate surface area is 193 Å². The smallest absolute Gasteiger partial charge is 0.323 e. The molecule has 0 spiro atoms. The van der Waals surface area contributed by atoms with Gasteiger partial charge >= 0.3 is 5.69 Å². The molecule has 5 rings (SSSR count). The van der Waals surface area contributed by atoms with Gasteiger partial charge in [-0.05, 0) is 38.1 Å². The van der Waals surface area contributed by atoms with E-state index in [-0.39, 0.29) is 16.4 Å². The molecule has 0 bridgehead atoms. The number of sulfone groups is 1. The molecule has 11 heteroatoms. The minimum Gasteiger partial charge on any atom is -0.382 e. The summed E-state index contributed by atoms with van der Waals surface area (Å²) in [6.07, 6.45) is 1.51. The van der Waals surface area contributed by atoms with Gasteiger partial charge < -0.3 is 20.2 Å². The minimum absolute atomic E-state index is 0.163. The van der Waals surface area contributed by atoms with E-state index in [9.17, 15) is 13.2 Å². The highest BCUT2D eigenvalue weighted by atomic mass is 32.2. The van der Waals surface area contributed by atoms with Gasteiger partial charge in [0, 0.05) is 17.2 Å². The van der Waals surface area contributed by atoms with E-state index < -0.39 is 15.1 Å². The number of rotatable bonds is 5. The molecule has 4 N–H and O–H groups in total. The summed E-state index contributed by atoms with van der Waals surface area (Å²) in [5, 5.41) is 3.59. The zero-order valence-corrected chi connectivity index (χ0v) is 19.1. The van der Waals surface area contributed by atoms with Gasteiger partial charge in [-0.1, -0.05) is 23.4 Å². The van der Waals surface area contributed by atoms with E-state index in [2.05, 4.69) is 25.1 Å². The molecule has 0 fully saturated rings. The van der Waals surface area contributed by atoms with Crippen LogP contribution in [0.25, 0.3) is 45.0 Å². The highest BCUT2D eigenvalue weighted by Crippen LogP contribution is 2.30. The van der Waals surface area contributed by atoms with Gasteiger partial charge in [0.1, 0.15) is 5.69 Å². The first-order valence-corrected chi connectivity index (χ1v) is 11.9. The second-order valence-electron chi connectivity index (χ2n) is 8.02. The number of nitrogens with zero attached hydrogens (tertiary/aromatic N) is 3. The van der Waals surface area contributed by atoms with Crippen LogP contribution in [0.2, 0.25) is 0 Å². The molecule has 3 heterocycles. The molecule has 0 saturated carbocycles. The van der Waals surface area contributed by atoms with Crippen LogP contribution in [0.1, 0.15) is 13.8 Å². The Bertz CT molecular complexity index is 1680. The zero-order chi connectivity index (χ0) is 24.0. The van der Waals surface area contributed by atoms with Crippen molar-refractivity contribution in [2.75, 3.05) is 5.73 Å². The molecule has 2 aromatic carbocycles. The van der Waals surface area contributed by atoms with Crippen molar-refractivity contribution in [2.24, 2.45) is 0 Å². The van der Waals surface area contributed by atoms with Crippen molar-refractivity contribution in [1.29, 1.82) is 0 Å². The molecule has 34 heavy (non-hydrogen) atoms. The molecule has 0 saturated heterocycles. The minimum atomic E-state index is -3.37. The molecule has 5 aromatic rings. The topological polar surface area (TPSA) is 161 Å². The maximum atomic E-state index is 12.4. The summed E-state index contributed by atoms with van der Waals surface area (Å²) in [6.45, 7) is 3.28. The Hall–Kier alpha value is -4.25. The maximum absolute atomic E-state index is 12.4. The molecule has 0 aliphatic carbocycles. The molecule has 10 nitrogen and oxygen atoms in total. The fraction of sp³-hybridized carbons (Fsp3) is 0.130. The van der Waals surface area contributed by atoms with Crippen molar-refractivity contribution in [1.82, 2.24) is 25.1 Å². The van der Waals surface area contributed by atoms with Crippen molar-refractivity contribution >= 4 is 26.7 Å². The number of nitrogens with two attached hydrogens (primary N) is 1. The highest BCUT2D eigenvalue weighted by molar-refractivity contribution is 7.92. The Morgan fingerprint density at radius 1 is 0.941 bits per heavy atom. The van der Waals surface area contributed by atoms with Crippen LogP contribution in [0, 0.1) is 0 Å². The molecule has 0 amide bonds. The lowest BCUT2D eigenvalue weighted by molar-refractivity contribution is 0.434. The van der Waals surface area contributed by atoms with Crippen molar-refractivity contribution < 1.29 is 12.9 Å². The number of imidazole rings is 1. The average molecular weight is 477 g/mol. The fourth-order valence-corrected chi connectivity index (χ4v) is 4.58. The normalized spacial score (nSPS) is 12.0. The van der Waals surface area contributed by atoms with E-state index in [1.807, 2.05) is 6.07 Å². The molecule has 0 radical (unpaired) electrons. The molecule has 0 unspecified atom stereocenters. The standard InChI is InChI=1S/C23H20N6O4S/c1-12(2)34(31,32)15-6-3-13(4-7-15)19-11-25-22(24)21(26-19)20-10-17(29-33-20)14-5-8-16-18(9-14)28-23(30)27-16/h3-12H,1-2H3,(H2,24,25)(H2,27,28,30). The lowest BCUT2D eigenvalue weighted by Gasteiger charge is -2.09.